The molecule has 0 unspecified atom stereocenters. The monoisotopic (exact) mass is 439 g/mol. The summed E-state index contributed by atoms with van der Waals surface area (Å²) in [5, 5.41) is 34.1. The third-order valence-electron chi connectivity index (χ3n) is 5.53. The van der Waals surface area contributed by atoms with Crippen molar-refractivity contribution in [3.8, 4) is 0 Å². The summed E-state index contributed by atoms with van der Waals surface area (Å²) >= 11 is 0. The zero-order valence-corrected chi connectivity index (χ0v) is 17.6. The number of nitrogens with zero attached hydrogens (tertiary/aromatic N) is 2. The van der Waals surface area contributed by atoms with E-state index in [1.54, 1.807) is 19.1 Å². The van der Waals surface area contributed by atoms with Gasteiger partial charge in [-0.3, -0.25) is 19.7 Å². The van der Waals surface area contributed by atoms with Crippen LogP contribution in [0.4, 0.5) is 11.4 Å². The van der Waals surface area contributed by atoms with Gasteiger partial charge < -0.3 is 20.4 Å². The predicted molar refractivity (Wildman–Crippen MR) is 117 cm³/mol. The van der Waals surface area contributed by atoms with E-state index in [9.17, 15) is 29.9 Å². The second kappa shape index (κ2) is 9.71. The molecule has 9 nitrogen and oxygen atoms in total. The highest BCUT2D eigenvalue weighted by Crippen LogP contribution is 2.43. The largest absolute Gasteiger partial charge is 0.395 e. The summed E-state index contributed by atoms with van der Waals surface area (Å²) in [5.41, 5.74) is -0.842. The van der Waals surface area contributed by atoms with Crippen molar-refractivity contribution in [2.75, 3.05) is 18.5 Å². The molecule has 2 atom stereocenters. The Morgan fingerprint density at radius 3 is 2.66 bits per heavy atom. The van der Waals surface area contributed by atoms with Gasteiger partial charge in [-0.2, -0.15) is 0 Å². The predicted octanol–water partition coefficient (Wildman–Crippen LogP) is 2.34. The van der Waals surface area contributed by atoms with Crippen LogP contribution in [0.2, 0.25) is 0 Å². The smallest absolute Gasteiger partial charge is 0.269 e. The minimum Gasteiger partial charge on any atom is -0.395 e. The normalized spacial score (nSPS) is 18.3. The number of hydrogen-bond acceptors (Lipinski definition) is 6. The Labute approximate surface area is 185 Å². The Morgan fingerprint density at radius 2 is 2.00 bits per heavy atom. The zero-order valence-electron chi connectivity index (χ0n) is 17.6. The highest BCUT2D eigenvalue weighted by Gasteiger charge is 2.49. The van der Waals surface area contributed by atoms with E-state index in [1.165, 1.54) is 23.1 Å². The Balaban J connectivity index is 1.72. The average molecular weight is 439 g/mol. The first kappa shape index (κ1) is 23.1. The standard InChI is InChI=1S/C23H25N3O6/c1-16(23(30)19-14-18(26(31)32)10-11-20(19)24-22(23)29)6-5-9-21(28)25(12-13-27)15-17-7-3-2-4-8-17/h2-8,10-11,14,16,27,30H,9,12-13,15H2,1H3,(H,24,29)/b6-5+/t16-,23+/m0/s1. The molecule has 0 fully saturated rings. The average Bonchev–Trinajstić information content (AvgIpc) is 3.04. The van der Waals surface area contributed by atoms with E-state index < -0.39 is 22.3 Å². The summed E-state index contributed by atoms with van der Waals surface area (Å²) in [6.45, 7) is 1.96. The highest BCUT2D eigenvalue weighted by molar-refractivity contribution is 6.05. The molecular formula is C23H25N3O6. The lowest BCUT2D eigenvalue weighted by atomic mass is 9.82. The molecule has 32 heavy (non-hydrogen) atoms. The van der Waals surface area contributed by atoms with Crippen LogP contribution in [0.25, 0.3) is 0 Å². The number of amides is 2. The maximum absolute atomic E-state index is 12.6. The second-order valence-electron chi connectivity index (χ2n) is 7.65. The van der Waals surface area contributed by atoms with Gasteiger partial charge in [-0.25, -0.2) is 0 Å². The molecule has 0 spiro atoms. The number of nitrogens with one attached hydrogen (secondary N) is 1. The number of nitro groups is 1. The number of carbonyl (C=O) groups is 2. The van der Waals surface area contributed by atoms with Crippen LogP contribution in [0.5, 0.6) is 0 Å². The number of nitro benzene ring substituents is 1. The third kappa shape index (κ3) is 4.68. The maximum atomic E-state index is 12.6. The molecule has 168 valence electrons. The van der Waals surface area contributed by atoms with Gasteiger partial charge in [0.1, 0.15) is 0 Å². The molecule has 0 saturated carbocycles. The highest BCUT2D eigenvalue weighted by atomic mass is 16.6. The van der Waals surface area contributed by atoms with E-state index in [0.29, 0.717) is 12.2 Å². The number of hydrogen-bond donors (Lipinski definition) is 3. The molecule has 9 heteroatoms. The molecule has 1 aliphatic heterocycles. The number of rotatable bonds is 9. The number of benzene rings is 2. The molecule has 1 aliphatic rings. The summed E-state index contributed by atoms with van der Waals surface area (Å²) in [6, 6.07) is 13.2. The lowest BCUT2D eigenvalue weighted by Crippen LogP contribution is -2.39. The number of non-ortho nitro benzene ring substituents is 1. The van der Waals surface area contributed by atoms with Gasteiger partial charge >= 0.3 is 0 Å². The second-order valence-corrected chi connectivity index (χ2v) is 7.65. The molecule has 0 saturated heterocycles. The SMILES string of the molecule is C[C@@H](/C=C/CC(=O)N(CCO)Cc1ccccc1)[C@]1(O)C(=O)Nc2ccc([N+](=O)[O-])cc21. The van der Waals surface area contributed by atoms with Crippen LogP contribution in [0.1, 0.15) is 24.5 Å². The Morgan fingerprint density at radius 1 is 1.28 bits per heavy atom. The van der Waals surface area contributed by atoms with Gasteiger partial charge in [0.2, 0.25) is 5.91 Å². The zero-order chi connectivity index (χ0) is 23.3. The minimum atomic E-state index is -1.99. The van der Waals surface area contributed by atoms with Crippen LogP contribution in [0.3, 0.4) is 0 Å². The molecule has 2 aromatic carbocycles. The summed E-state index contributed by atoms with van der Waals surface area (Å²) in [4.78, 5) is 37.2. The van der Waals surface area contributed by atoms with Gasteiger partial charge in [-0.15, -0.1) is 0 Å². The number of carbonyl (C=O) groups excluding carboxylic acids is 2. The van der Waals surface area contributed by atoms with Crippen LogP contribution >= 0.6 is 0 Å². The van der Waals surface area contributed by atoms with Gasteiger partial charge in [0.05, 0.1) is 11.5 Å². The lowest BCUT2D eigenvalue weighted by molar-refractivity contribution is -0.385. The van der Waals surface area contributed by atoms with Crippen LogP contribution in [0, 0.1) is 16.0 Å². The summed E-state index contributed by atoms with van der Waals surface area (Å²) in [6.07, 6.45) is 3.12. The number of anilines is 1. The molecule has 3 rings (SSSR count). The Hall–Kier alpha value is -3.56. The molecule has 0 aromatic heterocycles. The van der Waals surface area contributed by atoms with Crippen LogP contribution in [-0.4, -0.2) is 45.0 Å². The van der Waals surface area contributed by atoms with Gasteiger partial charge in [0.25, 0.3) is 11.6 Å². The summed E-state index contributed by atoms with van der Waals surface area (Å²) in [5.74, 6) is -1.65. The van der Waals surface area contributed by atoms with Gasteiger partial charge in [0.15, 0.2) is 5.60 Å². The van der Waals surface area contributed by atoms with Crippen molar-refractivity contribution in [3.05, 3.63) is 81.9 Å². The topological polar surface area (TPSA) is 133 Å². The third-order valence-corrected chi connectivity index (χ3v) is 5.53. The van der Waals surface area contributed by atoms with Gasteiger partial charge in [-0.05, 0) is 11.6 Å². The molecule has 2 aromatic rings. The molecule has 1 heterocycles. The first-order valence-electron chi connectivity index (χ1n) is 10.2. The fraction of sp³-hybridized carbons (Fsp3) is 0.304. The number of aliphatic hydroxyl groups is 2. The number of aliphatic hydroxyl groups excluding tert-OH is 1. The van der Waals surface area contributed by atoms with Crippen LogP contribution < -0.4 is 5.32 Å². The fourth-order valence-electron chi connectivity index (χ4n) is 3.72. The lowest BCUT2D eigenvalue weighted by Gasteiger charge is -2.26. The number of fused-ring (bicyclic) bond motifs is 1. The van der Waals surface area contributed by atoms with E-state index in [0.717, 1.165) is 5.56 Å². The maximum Gasteiger partial charge on any atom is 0.269 e. The van der Waals surface area contributed by atoms with E-state index in [1.807, 2.05) is 30.3 Å². The molecule has 0 aliphatic carbocycles. The first-order chi connectivity index (χ1) is 15.3. The van der Waals surface area contributed by atoms with E-state index in [-0.39, 0.29) is 36.7 Å². The van der Waals surface area contributed by atoms with Crippen molar-refractivity contribution < 1.29 is 24.7 Å². The van der Waals surface area contributed by atoms with Crippen LogP contribution in [-0.2, 0) is 21.7 Å². The van der Waals surface area contributed by atoms with E-state index in [2.05, 4.69) is 5.32 Å². The molecule has 0 radical (unpaired) electrons. The van der Waals surface area contributed by atoms with Gasteiger partial charge in [-0.1, -0.05) is 49.4 Å². The van der Waals surface area contributed by atoms with Crippen molar-refractivity contribution >= 4 is 23.2 Å². The molecule has 0 bridgehead atoms. The summed E-state index contributed by atoms with van der Waals surface area (Å²) in [7, 11) is 0. The first-order valence-corrected chi connectivity index (χ1v) is 10.2. The minimum absolute atomic E-state index is 0.0106. The van der Waals surface area contributed by atoms with Crippen molar-refractivity contribution in [2.45, 2.75) is 25.5 Å². The summed E-state index contributed by atoms with van der Waals surface area (Å²) < 4.78 is 0. The Bertz CT molecular complexity index is 1040. The van der Waals surface area contributed by atoms with Gasteiger partial charge in [0, 0.05) is 48.8 Å². The van der Waals surface area contributed by atoms with Crippen molar-refractivity contribution in [3.63, 3.8) is 0 Å². The van der Waals surface area contributed by atoms with Crippen molar-refractivity contribution in [2.24, 2.45) is 5.92 Å². The molecular weight excluding hydrogens is 414 g/mol. The fourth-order valence-corrected chi connectivity index (χ4v) is 3.72. The van der Waals surface area contributed by atoms with Crippen molar-refractivity contribution in [1.29, 1.82) is 0 Å². The quantitative estimate of drug-likeness (QED) is 0.312. The van der Waals surface area contributed by atoms with Crippen molar-refractivity contribution in [1.82, 2.24) is 4.90 Å². The molecule has 3 N–H and O–H groups in total. The van der Waals surface area contributed by atoms with E-state index in [4.69, 9.17) is 0 Å². The van der Waals surface area contributed by atoms with Crippen LogP contribution in [0.15, 0.2) is 60.7 Å². The van der Waals surface area contributed by atoms with E-state index >= 15 is 0 Å². The molecule has 2 amide bonds. The Kier molecular flexibility index (Phi) is 7.01.